The van der Waals surface area contributed by atoms with Crippen LogP contribution in [0, 0.1) is 0 Å². The summed E-state index contributed by atoms with van der Waals surface area (Å²) in [5.74, 6) is 0. The Balaban J connectivity index is 0.000000164. The summed E-state index contributed by atoms with van der Waals surface area (Å²) in [4.78, 5) is 0. The highest BCUT2D eigenvalue weighted by atomic mass is 16.3. The zero-order valence-electron chi connectivity index (χ0n) is 40.4. The number of nitrogens with two attached hydrogens (primary N) is 1. The maximum Gasteiger partial charge on any atom is 0.136 e. The Labute approximate surface area is 396 Å². The first-order valence-corrected chi connectivity index (χ1v) is 24.5. The molecule has 1 aliphatic carbocycles. The van der Waals surface area contributed by atoms with Gasteiger partial charge in [-0.25, -0.2) is 0 Å². The molecule has 9 aromatic carbocycles. The van der Waals surface area contributed by atoms with Crippen molar-refractivity contribution in [3.8, 4) is 16.8 Å². The van der Waals surface area contributed by atoms with Crippen LogP contribution >= 0.6 is 0 Å². The average molecular weight is 877 g/mol. The smallest absolute Gasteiger partial charge is 0.136 e. The van der Waals surface area contributed by atoms with Crippen LogP contribution in [0.5, 0.6) is 0 Å². The second-order valence-corrected chi connectivity index (χ2v) is 18.5. The second-order valence-electron chi connectivity index (χ2n) is 18.5. The van der Waals surface area contributed by atoms with E-state index in [0.29, 0.717) is 0 Å². The molecule has 12 rings (SSSR count). The standard InChI is InChI=1S/C37H32N2.C15H12O.C10H14.C2H6/c1-4-10-32(38)22-11-7-12-23(19-22)39-33-17-8-14-25-27-20-29-24-13-5-6-16-30(24)37(2,3)31(29)21-28(27)26-15-9-18-34(39)36(26)35(25)33;1-10(2)11-7-8-13-12-5-3-4-6-14(12)16-15(13)9-11;1-2-3-7-10-8-5-4-6-9-10;1-2/h5-9,11-21,32H,4,10,38H2,1-3H3;3-9H,1H2,2H3;4-6,8-9H,2-3,7H2,1H3;1-2H3. The second kappa shape index (κ2) is 19.1. The lowest BCUT2D eigenvalue weighted by atomic mass is 9.81. The van der Waals surface area contributed by atoms with E-state index in [1.54, 1.807) is 0 Å². The van der Waals surface area contributed by atoms with Gasteiger partial charge in [0.1, 0.15) is 11.2 Å². The third-order valence-corrected chi connectivity index (χ3v) is 13.8. The molecule has 0 saturated carbocycles. The molecule has 11 aromatic rings. The third kappa shape index (κ3) is 8.21. The van der Waals surface area contributed by atoms with E-state index in [2.05, 4.69) is 191 Å². The fourth-order valence-electron chi connectivity index (χ4n) is 10.4. The lowest BCUT2D eigenvalue weighted by molar-refractivity contribution is 0.638. The van der Waals surface area contributed by atoms with E-state index < -0.39 is 0 Å². The molecule has 0 radical (unpaired) electrons. The van der Waals surface area contributed by atoms with Crippen molar-refractivity contribution in [3.05, 3.63) is 204 Å². The highest BCUT2D eigenvalue weighted by Crippen LogP contribution is 2.52. The van der Waals surface area contributed by atoms with Crippen LogP contribution in [-0.4, -0.2) is 4.57 Å². The normalized spacial score (nSPS) is 12.9. The van der Waals surface area contributed by atoms with Gasteiger partial charge in [-0.05, 0) is 141 Å². The number of aromatic nitrogens is 1. The van der Waals surface area contributed by atoms with Crippen LogP contribution in [0.15, 0.2) is 181 Å². The monoisotopic (exact) mass is 877 g/mol. The topological polar surface area (TPSA) is 44.1 Å². The number of allylic oxidation sites excluding steroid dienone is 1. The van der Waals surface area contributed by atoms with Crippen LogP contribution < -0.4 is 5.73 Å². The van der Waals surface area contributed by atoms with Gasteiger partial charge in [-0.2, -0.15) is 0 Å². The summed E-state index contributed by atoms with van der Waals surface area (Å²) in [7, 11) is 0. The quantitative estimate of drug-likeness (QED) is 0.155. The van der Waals surface area contributed by atoms with E-state index in [1.807, 2.05) is 39.0 Å². The first-order valence-electron chi connectivity index (χ1n) is 24.5. The minimum absolute atomic E-state index is 0.0231. The highest BCUT2D eigenvalue weighted by molar-refractivity contribution is 6.34. The Kier molecular flexibility index (Phi) is 12.9. The Hall–Kier alpha value is -6.94. The summed E-state index contributed by atoms with van der Waals surface area (Å²) in [6, 6.07) is 61.4. The molecule has 0 bridgehead atoms. The fourth-order valence-corrected chi connectivity index (χ4v) is 10.4. The Morgan fingerprint density at radius 1 is 0.582 bits per heavy atom. The maximum atomic E-state index is 6.56. The molecule has 3 heteroatoms. The lowest BCUT2D eigenvalue weighted by Crippen LogP contribution is -2.14. The molecule has 1 aliphatic rings. The number of nitrogens with zero attached hydrogens (tertiary/aromatic N) is 1. The molecular weight excluding hydrogens is 813 g/mol. The Morgan fingerprint density at radius 2 is 1.21 bits per heavy atom. The molecule has 2 N–H and O–H groups in total. The molecule has 2 heterocycles. The van der Waals surface area contributed by atoms with Crippen LogP contribution in [0.1, 0.15) is 108 Å². The first-order chi connectivity index (χ1) is 32.7. The van der Waals surface area contributed by atoms with Crippen LogP contribution in [-0.2, 0) is 11.8 Å². The molecule has 3 nitrogen and oxygen atoms in total. The Bertz CT molecular complexity index is 3510. The minimum Gasteiger partial charge on any atom is -0.456 e. The van der Waals surface area contributed by atoms with Crippen molar-refractivity contribution >= 4 is 70.9 Å². The van der Waals surface area contributed by atoms with Crippen LogP contribution in [0.2, 0.25) is 0 Å². The lowest BCUT2D eigenvalue weighted by Gasteiger charge is -2.22. The maximum absolute atomic E-state index is 6.56. The summed E-state index contributed by atoms with van der Waals surface area (Å²) in [5, 5.41) is 10.4. The molecule has 0 amide bonds. The van der Waals surface area contributed by atoms with Crippen molar-refractivity contribution in [2.24, 2.45) is 5.73 Å². The highest BCUT2D eigenvalue weighted by Gasteiger charge is 2.36. The SMILES string of the molecule is C=C(C)c1ccc2c(c1)oc1ccccc12.CC.CCCC(N)c1cccc(-n2c3cccc4c5cc6c(cc5c5cccc2c5c43)C(C)(C)c2ccccc2-6)c1.CCCCc1ccccc1. The zero-order chi connectivity index (χ0) is 46.8. The predicted octanol–water partition coefficient (Wildman–Crippen LogP) is 18.3. The molecule has 336 valence electrons. The number of unbranched alkanes of at least 4 members (excludes halogenated alkanes) is 1. The van der Waals surface area contributed by atoms with Gasteiger partial charge < -0.3 is 14.7 Å². The number of aryl methyl sites for hydroxylation is 1. The molecule has 0 aliphatic heterocycles. The number of hydrogen-bond donors (Lipinski definition) is 1. The largest absolute Gasteiger partial charge is 0.456 e. The van der Waals surface area contributed by atoms with Crippen molar-refractivity contribution in [1.29, 1.82) is 0 Å². The molecule has 2 aromatic heterocycles. The van der Waals surface area contributed by atoms with E-state index >= 15 is 0 Å². The van der Waals surface area contributed by atoms with Crippen molar-refractivity contribution in [3.63, 3.8) is 0 Å². The van der Waals surface area contributed by atoms with E-state index in [4.69, 9.17) is 10.2 Å². The van der Waals surface area contributed by atoms with Crippen LogP contribution in [0.25, 0.3) is 87.7 Å². The number of fused-ring (bicyclic) bond motifs is 9. The van der Waals surface area contributed by atoms with Gasteiger partial charge in [-0.3, -0.25) is 0 Å². The van der Waals surface area contributed by atoms with Gasteiger partial charge in [0.2, 0.25) is 0 Å². The van der Waals surface area contributed by atoms with E-state index in [-0.39, 0.29) is 11.5 Å². The summed E-state index contributed by atoms with van der Waals surface area (Å²) in [6.07, 6.45) is 5.90. The van der Waals surface area contributed by atoms with Crippen molar-refractivity contribution in [2.45, 2.75) is 92.0 Å². The number of para-hydroxylation sites is 1. The molecular formula is C64H64N2O. The number of benzene rings is 9. The van der Waals surface area contributed by atoms with Gasteiger partial charge in [0, 0.05) is 38.7 Å². The van der Waals surface area contributed by atoms with Gasteiger partial charge in [-0.15, -0.1) is 0 Å². The molecule has 67 heavy (non-hydrogen) atoms. The third-order valence-electron chi connectivity index (χ3n) is 13.8. The summed E-state index contributed by atoms with van der Waals surface area (Å²) in [6.45, 7) is 19.1. The summed E-state index contributed by atoms with van der Waals surface area (Å²) < 4.78 is 8.25. The number of furan rings is 1. The van der Waals surface area contributed by atoms with Gasteiger partial charge in [-0.1, -0.05) is 182 Å². The first kappa shape index (κ1) is 45.2. The van der Waals surface area contributed by atoms with Crippen LogP contribution in [0.3, 0.4) is 0 Å². The van der Waals surface area contributed by atoms with E-state index in [9.17, 15) is 0 Å². The predicted molar refractivity (Wildman–Crippen MR) is 291 cm³/mol. The summed E-state index contributed by atoms with van der Waals surface area (Å²) >= 11 is 0. The van der Waals surface area contributed by atoms with Crippen molar-refractivity contribution in [1.82, 2.24) is 4.57 Å². The molecule has 0 saturated heterocycles. The van der Waals surface area contributed by atoms with Gasteiger partial charge in [0.25, 0.3) is 0 Å². The summed E-state index contributed by atoms with van der Waals surface area (Å²) in [5.41, 5.74) is 22.5. The molecule has 1 unspecified atom stereocenters. The van der Waals surface area contributed by atoms with E-state index in [0.717, 1.165) is 35.1 Å². The van der Waals surface area contributed by atoms with Crippen LogP contribution in [0.4, 0.5) is 0 Å². The van der Waals surface area contributed by atoms with Gasteiger partial charge >= 0.3 is 0 Å². The Morgan fingerprint density at radius 3 is 1.91 bits per heavy atom. The van der Waals surface area contributed by atoms with Gasteiger partial charge in [0.05, 0.1) is 11.0 Å². The zero-order valence-corrected chi connectivity index (χ0v) is 40.4. The average Bonchev–Trinajstić information content (AvgIpc) is 3.99. The molecule has 0 spiro atoms. The number of rotatable bonds is 8. The van der Waals surface area contributed by atoms with Crippen molar-refractivity contribution < 1.29 is 4.42 Å². The number of hydrogen-bond acceptors (Lipinski definition) is 2. The van der Waals surface area contributed by atoms with E-state index in [1.165, 1.54) is 112 Å². The van der Waals surface area contributed by atoms with Gasteiger partial charge in [0.15, 0.2) is 0 Å². The van der Waals surface area contributed by atoms with Crippen molar-refractivity contribution in [2.75, 3.05) is 0 Å². The minimum atomic E-state index is -0.0231. The molecule has 1 atom stereocenters. The molecule has 0 fully saturated rings. The fraction of sp³-hybridized carbons (Fsp3) is 0.219.